The van der Waals surface area contributed by atoms with Gasteiger partial charge in [0.1, 0.15) is 18.3 Å². The molecule has 0 unspecified atom stereocenters. The molecule has 0 amide bonds. The quantitative estimate of drug-likeness (QED) is 0.416. The molecule has 0 spiro atoms. The predicted molar refractivity (Wildman–Crippen MR) is 106 cm³/mol. The summed E-state index contributed by atoms with van der Waals surface area (Å²) in [5.74, 6) is 1.80. The molecule has 0 aromatic heterocycles. The highest BCUT2D eigenvalue weighted by molar-refractivity contribution is 5.76. The molecule has 0 aliphatic carbocycles. The Morgan fingerprint density at radius 2 is 1.36 bits per heavy atom. The van der Waals surface area contributed by atoms with Crippen LogP contribution in [0.25, 0.3) is 0 Å². The van der Waals surface area contributed by atoms with Gasteiger partial charge in [-0.15, -0.1) is 0 Å². The summed E-state index contributed by atoms with van der Waals surface area (Å²) in [5.41, 5.74) is 1.69. The number of methoxy groups -OCH3 is 1. The molecule has 28 heavy (non-hydrogen) atoms. The molecule has 0 aliphatic rings. The summed E-state index contributed by atoms with van der Waals surface area (Å²) in [4.78, 5) is 21.6. The van der Waals surface area contributed by atoms with Crippen LogP contribution in [0.15, 0.2) is 36.4 Å². The maximum Gasteiger partial charge on any atom is 0.161 e. The van der Waals surface area contributed by atoms with Crippen LogP contribution in [0.3, 0.4) is 0 Å². The zero-order valence-corrected chi connectivity index (χ0v) is 16.1. The number of carbonyl (C=O) groups excluding carboxylic acids is 2. The number of benzene rings is 2. The molecule has 0 heterocycles. The third-order valence-electron chi connectivity index (χ3n) is 4.27. The van der Waals surface area contributed by atoms with Gasteiger partial charge in [-0.1, -0.05) is 0 Å². The second kappa shape index (κ2) is 11.8. The second-order valence-corrected chi connectivity index (χ2v) is 6.28. The molecule has 1 N–H and O–H groups in total. The van der Waals surface area contributed by atoms with Crippen LogP contribution in [0.2, 0.25) is 0 Å². The fourth-order valence-corrected chi connectivity index (χ4v) is 2.74. The van der Waals surface area contributed by atoms with Crippen LogP contribution in [0, 0.1) is 0 Å². The number of rotatable bonds is 13. The lowest BCUT2D eigenvalue weighted by Crippen LogP contribution is -2.02. The number of aliphatic hydroxyl groups is 1. The number of ether oxygens (including phenoxy) is 3. The van der Waals surface area contributed by atoms with E-state index in [-0.39, 0.29) is 6.61 Å². The molecule has 0 atom stereocenters. The Balaban J connectivity index is 1.64. The van der Waals surface area contributed by atoms with E-state index in [1.165, 1.54) is 0 Å². The van der Waals surface area contributed by atoms with Crippen molar-refractivity contribution in [3.8, 4) is 17.2 Å². The third kappa shape index (κ3) is 6.39. The molecule has 6 nitrogen and oxygen atoms in total. The van der Waals surface area contributed by atoms with E-state index in [2.05, 4.69) is 0 Å². The van der Waals surface area contributed by atoms with Crippen molar-refractivity contribution in [3.05, 3.63) is 53.1 Å². The highest BCUT2D eigenvalue weighted by Crippen LogP contribution is 2.27. The fraction of sp³-hybridized carbons (Fsp3) is 0.364. The summed E-state index contributed by atoms with van der Waals surface area (Å²) < 4.78 is 16.7. The van der Waals surface area contributed by atoms with Crippen molar-refractivity contribution in [1.82, 2.24) is 0 Å². The molecule has 0 saturated carbocycles. The van der Waals surface area contributed by atoms with E-state index in [0.717, 1.165) is 38.3 Å². The topological polar surface area (TPSA) is 82.1 Å². The molecule has 0 fully saturated rings. The van der Waals surface area contributed by atoms with Crippen LogP contribution in [0.4, 0.5) is 0 Å². The van der Waals surface area contributed by atoms with E-state index in [0.29, 0.717) is 47.2 Å². The lowest BCUT2D eigenvalue weighted by molar-refractivity contribution is 0.111. The van der Waals surface area contributed by atoms with Crippen LogP contribution < -0.4 is 14.2 Å². The summed E-state index contributed by atoms with van der Waals surface area (Å²) in [5, 5.41) is 9.36. The van der Waals surface area contributed by atoms with Crippen LogP contribution in [-0.4, -0.2) is 38.0 Å². The van der Waals surface area contributed by atoms with E-state index in [1.807, 2.05) is 0 Å². The van der Waals surface area contributed by atoms with Gasteiger partial charge in [0.15, 0.2) is 11.5 Å². The summed E-state index contributed by atoms with van der Waals surface area (Å²) in [6.07, 6.45) is 5.29. The van der Waals surface area contributed by atoms with E-state index in [1.54, 1.807) is 43.5 Å². The van der Waals surface area contributed by atoms with E-state index >= 15 is 0 Å². The normalized spacial score (nSPS) is 10.4. The minimum atomic E-state index is -0.161. The highest BCUT2D eigenvalue weighted by Gasteiger charge is 2.06. The average Bonchev–Trinajstić information content (AvgIpc) is 2.75. The van der Waals surface area contributed by atoms with Gasteiger partial charge in [-0.25, -0.2) is 0 Å². The number of aldehydes is 2. The van der Waals surface area contributed by atoms with Crippen LogP contribution in [0.5, 0.6) is 17.2 Å². The number of carbonyl (C=O) groups is 2. The molecule has 2 aromatic carbocycles. The summed E-state index contributed by atoms with van der Waals surface area (Å²) in [7, 11) is 1.55. The van der Waals surface area contributed by atoms with Gasteiger partial charge < -0.3 is 19.3 Å². The van der Waals surface area contributed by atoms with Gasteiger partial charge in [0.2, 0.25) is 0 Å². The lowest BCUT2D eigenvalue weighted by atomic mass is 10.1. The molecule has 2 aromatic rings. The van der Waals surface area contributed by atoms with Gasteiger partial charge in [0.25, 0.3) is 0 Å². The van der Waals surface area contributed by atoms with Crippen molar-refractivity contribution in [2.45, 2.75) is 32.3 Å². The maximum absolute atomic E-state index is 10.8. The van der Waals surface area contributed by atoms with Crippen molar-refractivity contribution in [3.63, 3.8) is 0 Å². The first-order valence-electron chi connectivity index (χ1n) is 9.29. The Hall–Kier alpha value is -2.86. The number of hydrogen-bond acceptors (Lipinski definition) is 6. The Bertz CT molecular complexity index is 706. The molecular formula is C22H26O6. The summed E-state index contributed by atoms with van der Waals surface area (Å²) in [6.45, 7) is 0.959. The lowest BCUT2D eigenvalue weighted by Gasteiger charge is -2.12. The number of aliphatic hydroxyl groups excluding tert-OH is 1. The van der Waals surface area contributed by atoms with Crippen molar-refractivity contribution >= 4 is 12.6 Å². The van der Waals surface area contributed by atoms with Crippen molar-refractivity contribution in [2.75, 3.05) is 20.3 Å². The Labute approximate surface area is 165 Å². The molecule has 150 valence electrons. The third-order valence-corrected chi connectivity index (χ3v) is 4.27. The van der Waals surface area contributed by atoms with Crippen LogP contribution >= 0.6 is 0 Å². The van der Waals surface area contributed by atoms with Crippen molar-refractivity contribution in [1.29, 1.82) is 0 Å². The molecule has 0 aliphatic heterocycles. The van der Waals surface area contributed by atoms with Crippen molar-refractivity contribution < 1.29 is 28.9 Å². The second-order valence-electron chi connectivity index (χ2n) is 6.28. The van der Waals surface area contributed by atoms with Gasteiger partial charge in [-0.2, -0.15) is 0 Å². The first-order chi connectivity index (χ1) is 13.7. The van der Waals surface area contributed by atoms with Gasteiger partial charge in [0, 0.05) is 16.7 Å². The molecule has 0 bridgehead atoms. The number of unbranched alkanes of at least 4 members (excludes halogenated alkanes) is 3. The SMILES string of the molecule is COc1cc(C=O)ccc1OCCCCCCOc1ccc(C=O)cc1CO. The molecule has 2 rings (SSSR count). The first kappa shape index (κ1) is 21.4. The average molecular weight is 386 g/mol. The highest BCUT2D eigenvalue weighted by atomic mass is 16.5. The van der Waals surface area contributed by atoms with Gasteiger partial charge in [-0.05, 0) is 62.1 Å². The maximum atomic E-state index is 10.8. The molecule has 0 radical (unpaired) electrons. The smallest absolute Gasteiger partial charge is 0.161 e. The van der Waals surface area contributed by atoms with Gasteiger partial charge in [-0.3, -0.25) is 9.59 Å². The Morgan fingerprint density at radius 1 is 0.786 bits per heavy atom. The zero-order chi connectivity index (χ0) is 20.2. The van der Waals surface area contributed by atoms with E-state index in [4.69, 9.17) is 14.2 Å². The molecular weight excluding hydrogens is 360 g/mol. The van der Waals surface area contributed by atoms with Crippen LogP contribution in [0.1, 0.15) is 52.0 Å². The molecule has 6 heteroatoms. The monoisotopic (exact) mass is 386 g/mol. The van der Waals surface area contributed by atoms with Crippen LogP contribution in [-0.2, 0) is 6.61 Å². The Kier molecular flexibility index (Phi) is 9.01. The molecule has 0 saturated heterocycles. The summed E-state index contributed by atoms with van der Waals surface area (Å²) in [6, 6.07) is 10.1. The fourth-order valence-electron chi connectivity index (χ4n) is 2.74. The number of hydrogen-bond donors (Lipinski definition) is 1. The van der Waals surface area contributed by atoms with E-state index in [9.17, 15) is 14.7 Å². The largest absolute Gasteiger partial charge is 0.493 e. The van der Waals surface area contributed by atoms with E-state index < -0.39 is 0 Å². The standard InChI is InChI=1S/C22H26O6/c1-26-22-13-18(15-24)7-9-21(22)28-11-5-3-2-4-10-27-20-8-6-17(14-23)12-19(20)16-25/h6-9,12-15,25H,2-5,10-11,16H2,1H3. The minimum Gasteiger partial charge on any atom is -0.493 e. The van der Waals surface area contributed by atoms with Crippen molar-refractivity contribution in [2.24, 2.45) is 0 Å². The van der Waals surface area contributed by atoms with Gasteiger partial charge >= 0.3 is 0 Å². The Morgan fingerprint density at radius 3 is 1.93 bits per heavy atom. The summed E-state index contributed by atoms with van der Waals surface area (Å²) >= 11 is 0. The minimum absolute atomic E-state index is 0.161. The zero-order valence-electron chi connectivity index (χ0n) is 16.1. The predicted octanol–water partition coefficient (Wildman–Crippen LogP) is 3.83. The van der Waals surface area contributed by atoms with Gasteiger partial charge in [0.05, 0.1) is 26.9 Å². The first-order valence-corrected chi connectivity index (χ1v) is 9.29.